The van der Waals surface area contributed by atoms with Crippen LogP contribution in [0.5, 0.6) is 0 Å². The number of aromatic amines is 1. The van der Waals surface area contributed by atoms with Gasteiger partial charge in [0.1, 0.15) is 22.5 Å². The van der Waals surface area contributed by atoms with E-state index in [1.807, 2.05) is 0 Å². The number of hydrogen-bond acceptors (Lipinski definition) is 4. The van der Waals surface area contributed by atoms with Crippen LogP contribution in [-0.4, -0.2) is 31.1 Å². The number of carbonyl (C=O) groups is 1. The zero-order chi connectivity index (χ0) is 17.4. The van der Waals surface area contributed by atoms with Crippen LogP contribution >= 0.6 is 0 Å². The van der Waals surface area contributed by atoms with Gasteiger partial charge >= 0.3 is 0 Å². The zero-order valence-corrected chi connectivity index (χ0v) is 13.2. The summed E-state index contributed by atoms with van der Waals surface area (Å²) in [4.78, 5) is 12.8. The Bertz CT molecular complexity index is 1080. The summed E-state index contributed by atoms with van der Waals surface area (Å²) in [5, 5.41) is 17.7. The molecule has 0 aliphatic carbocycles. The van der Waals surface area contributed by atoms with Crippen LogP contribution in [0.3, 0.4) is 0 Å². The molecule has 4 rings (SSSR count). The molecule has 8 heteroatoms. The lowest BCUT2D eigenvalue weighted by atomic mass is 10.1. The molecule has 2 aromatic carbocycles. The predicted octanol–water partition coefficient (Wildman–Crippen LogP) is 2.75. The Morgan fingerprint density at radius 3 is 2.88 bits per heavy atom. The van der Waals surface area contributed by atoms with Gasteiger partial charge in [0.25, 0.3) is 5.91 Å². The van der Waals surface area contributed by atoms with Crippen LogP contribution in [0, 0.1) is 5.82 Å². The predicted molar refractivity (Wildman–Crippen MR) is 90.4 cm³/mol. The van der Waals surface area contributed by atoms with E-state index in [4.69, 9.17) is 0 Å². The Kier molecular flexibility index (Phi) is 3.50. The van der Waals surface area contributed by atoms with E-state index in [0.717, 1.165) is 0 Å². The molecule has 0 aliphatic heterocycles. The van der Waals surface area contributed by atoms with Gasteiger partial charge in [0.15, 0.2) is 0 Å². The lowest BCUT2D eigenvalue weighted by molar-refractivity contribution is 0.102. The van der Waals surface area contributed by atoms with Crippen LogP contribution in [0.15, 0.2) is 48.7 Å². The van der Waals surface area contributed by atoms with E-state index in [1.54, 1.807) is 43.6 Å². The number of fused-ring (bicyclic) bond motifs is 1. The number of halogens is 1. The molecular weight excluding hydrogens is 323 g/mol. The van der Waals surface area contributed by atoms with Crippen molar-refractivity contribution in [2.24, 2.45) is 7.05 Å². The molecular formula is C17H13FN6O. The standard InChI is InChI=1S/C17H13FN6O/c1-24-9-12(15(22-24)10-4-2-5-11(18)8-10)17(25)19-13-6-3-7-14-16(13)21-23-20-14/h2-9H,1H3,(H,19,25)(H,20,21,23). The summed E-state index contributed by atoms with van der Waals surface area (Å²) < 4.78 is 15.0. The maximum Gasteiger partial charge on any atom is 0.259 e. The topological polar surface area (TPSA) is 88.5 Å². The fourth-order valence-electron chi connectivity index (χ4n) is 2.66. The van der Waals surface area contributed by atoms with Crippen molar-refractivity contribution >= 4 is 22.6 Å². The Morgan fingerprint density at radius 2 is 2.04 bits per heavy atom. The summed E-state index contributed by atoms with van der Waals surface area (Å²) >= 11 is 0. The van der Waals surface area contributed by atoms with Crippen LogP contribution in [0.1, 0.15) is 10.4 Å². The van der Waals surface area contributed by atoms with Crippen LogP contribution in [0.4, 0.5) is 10.1 Å². The first-order valence-corrected chi connectivity index (χ1v) is 7.52. The van der Waals surface area contributed by atoms with Crippen molar-refractivity contribution in [3.05, 3.63) is 60.0 Å². The summed E-state index contributed by atoms with van der Waals surface area (Å²) in [5.74, 6) is -0.746. The molecule has 0 spiro atoms. The molecule has 0 radical (unpaired) electrons. The fourth-order valence-corrected chi connectivity index (χ4v) is 2.66. The van der Waals surface area contributed by atoms with Crippen molar-refractivity contribution in [3.63, 3.8) is 0 Å². The maximum atomic E-state index is 13.5. The third-order valence-corrected chi connectivity index (χ3v) is 3.77. The Balaban J connectivity index is 1.73. The van der Waals surface area contributed by atoms with E-state index >= 15 is 0 Å². The molecule has 0 bridgehead atoms. The van der Waals surface area contributed by atoms with Gasteiger partial charge in [0, 0.05) is 18.8 Å². The number of anilines is 1. The molecule has 2 N–H and O–H groups in total. The second-order valence-corrected chi connectivity index (χ2v) is 5.53. The highest BCUT2D eigenvalue weighted by Crippen LogP contribution is 2.25. The molecule has 0 saturated carbocycles. The average Bonchev–Trinajstić information content (AvgIpc) is 3.22. The second kappa shape index (κ2) is 5.82. The van der Waals surface area contributed by atoms with Crippen molar-refractivity contribution < 1.29 is 9.18 Å². The van der Waals surface area contributed by atoms with E-state index in [2.05, 4.69) is 25.8 Å². The van der Waals surface area contributed by atoms with Crippen LogP contribution < -0.4 is 5.32 Å². The molecule has 4 aromatic rings. The number of hydrogen-bond donors (Lipinski definition) is 2. The number of para-hydroxylation sites is 1. The Hall–Kier alpha value is -3.55. The smallest absolute Gasteiger partial charge is 0.259 e. The lowest BCUT2D eigenvalue weighted by Crippen LogP contribution is -2.12. The first-order chi connectivity index (χ1) is 12.1. The number of aromatic nitrogens is 5. The number of rotatable bonds is 3. The molecule has 2 aromatic heterocycles. The van der Waals surface area contributed by atoms with Gasteiger partial charge < -0.3 is 5.32 Å². The van der Waals surface area contributed by atoms with Gasteiger partial charge in [-0.15, -0.1) is 0 Å². The second-order valence-electron chi connectivity index (χ2n) is 5.53. The Morgan fingerprint density at radius 1 is 1.20 bits per heavy atom. The number of carbonyl (C=O) groups excluding carboxylic acids is 1. The van der Waals surface area contributed by atoms with Crippen LogP contribution in [0.25, 0.3) is 22.3 Å². The molecule has 0 fully saturated rings. The molecule has 7 nitrogen and oxygen atoms in total. The number of nitrogens with zero attached hydrogens (tertiary/aromatic N) is 4. The SMILES string of the molecule is Cn1cc(C(=O)Nc2cccc3n[nH]nc23)c(-c2cccc(F)c2)n1. The van der Waals surface area contributed by atoms with Gasteiger partial charge in [-0.1, -0.05) is 18.2 Å². The van der Waals surface area contributed by atoms with Crippen molar-refractivity contribution in [2.75, 3.05) is 5.32 Å². The number of H-pyrrole nitrogens is 1. The van der Waals surface area contributed by atoms with Crippen molar-refractivity contribution in [1.29, 1.82) is 0 Å². The van der Waals surface area contributed by atoms with Crippen LogP contribution in [-0.2, 0) is 7.05 Å². The van der Waals surface area contributed by atoms with Gasteiger partial charge in [-0.2, -0.15) is 20.5 Å². The van der Waals surface area contributed by atoms with Crippen molar-refractivity contribution in [1.82, 2.24) is 25.2 Å². The van der Waals surface area contributed by atoms with E-state index in [1.165, 1.54) is 16.8 Å². The van der Waals surface area contributed by atoms with E-state index < -0.39 is 0 Å². The quantitative estimate of drug-likeness (QED) is 0.602. The summed E-state index contributed by atoms with van der Waals surface area (Å²) in [7, 11) is 1.71. The van der Waals surface area contributed by atoms with Gasteiger partial charge in [-0.3, -0.25) is 9.48 Å². The van der Waals surface area contributed by atoms with Gasteiger partial charge in [0.05, 0.1) is 11.3 Å². The van der Waals surface area contributed by atoms with Crippen LogP contribution in [0.2, 0.25) is 0 Å². The van der Waals surface area contributed by atoms with Gasteiger partial charge in [-0.05, 0) is 24.3 Å². The molecule has 124 valence electrons. The Labute approximate surface area is 141 Å². The van der Waals surface area contributed by atoms with Crippen molar-refractivity contribution in [2.45, 2.75) is 0 Å². The average molecular weight is 336 g/mol. The highest BCUT2D eigenvalue weighted by atomic mass is 19.1. The largest absolute Gasteiger partial charge is 0.320 e. The molecule has 0 atom stereocenters. The van der Waals surface area contributed by atoms with Gasteiger partial charge in [-0.25, -0.2) is 4.39 Å². The third-order valence-electron chi connectivity index (χ3n) is 3.77. The maximum absolute atomic E-state index is 13.5. The van der Waals surface area contributed by atoms with E-state index in [9.17, 15) is 9.18 Å². The molecule has 1 amide bonds. The minimum atomic E-state index is -0.387. The monoisotopic (exact) mass is 336 g/mol. The molecule has 2 heterocycles. The number of aryl methyl sites for hydroxylation is 1. The van der Waals surface area contributed by atoms with E-state index in [0.29, 0.717) is 33.5 Å². The minimum absolute atomic E-state index is 0.341. The first kappa shape index (κ1) is 15.0. The number of benzene rings is 2. The molecule has 0 saturated heterocycles. The number of nitrogens with one attached hydrogen (secondary N) is 2. The summed E-state index contributed by atoms with van der Waals surface area (Å²) in [6.07, 6.45) is 1.60. The highest BCUT2D eigenvalue weighted by molar-refractivity contribution is 6.10. The number of amides is 1. The van der Waals surface area contributed by atoms with E-state index in [-0.39, 0.29) is 11.7 Å². The normalized spacial score (nSPS) is 11.0. The first-order valence-electron chi connectivity index (χ1n) is 7.52. The fraction of sp³-hybridized carbons (Fsp3) is 0.0588. The lowest BCUT2D eigenvalue weighted by Gasteiger charge is -2.06. The third kappa shape index (κ3) is 2.74. The summed E-state index contributed by atoms with van der Waals surface area (Å²) in [5.41, 5.74) is 3.03. The molecule has 0 unspecified atom stereocenters. The summed E-state index contributed by atoms with van der Waals surface area (Å²) in [6.45, 7) is 0. The highest BCUT2D eigenvalue weighted by Gasteiger charge is 2.19. The van der Waals surface area contributed by atoms with Gasteiger partial charge in [0.2, 0.25) is 0 Å². The van der Waals surface area contributed by atoms with Crippen molar-refractivity contribution in [3.8, 4) is 11.3 Å². The molecule has 0 aliphatic rings. The zero-order valence-electron chi connectivity index (χ0n) is 13.2. The minimum Gasteiger partial charge on any atom is -0.320 e. The summed E-state index contributed by atoms with van der Waals surface area (Å²) in [6, 6.07) is 11.3. The molecule has 25 heavy (non-hydrogen) atoms.